The smallest absolute Gasteiger partial charge is 0.122 e. The minimum atomic E-state index is -0.826. The van der Waals surface area contributed by atoms with Gasteiger partial charge in [0, 0.05) is 16.2 Å². The quantitative estimate of drug-likeness (QED) is 0.138. The highest BCUT2D eigenvalue weighted by molar-refractivity contribution is 5.45. The van der Waals surface area contributed by atoms with Crippen LogP contribution in [0.25, 0.3) is 0 Å². The number of ether oxygens (including phenoxy) is 6. The number of hydrogen-bond donors (Lipinski definition) is 3. The monoisotopic (exact) mass is 852 g/mol. The largest absolute Gasteiger partial charge is 0.491 e. The first-order valence-electron chi connectivity index (χ1n) is 21.6. The lowest BCUT2D eigenvalue weighted by molar-refractivity contribution is 0.0626. The van der Waals surface area contributed by atoms with Crippen molar-refractivity contribution in [2.45, 2.75) is 76.1 Å². The highest BCUT2D eigenvalue weighted by Crippen LogP contribution is 2.36. The zero-order chi connectivity index (χ0) is 44.6. The van der Waals surface area contributed by atoms with Gasteiger partial charge in [-0.3, -0.25) is 0 Å². The molecular formula is C54H60O9. The molecule has 0 atom stereocenters. The summed E-state index contributed by atoms with van der Waals surface area (Å²) in [7, 11) is 0. The standard InChI is InChI=1S/C54H60O9/c1-52(2)37-7-19-46(20-8-37)58-31-43(55)33-60-48-23-11-39(12-24-48)53(3,4)41-15-27-50(28-16-41)62-35-45(57)36-63-51-29-17-42(18-30-51)54(5,6)40-13-25-49(26-14-40)61-34-44(56)32-59-47-21-9-38(52)10-22-47/h7-30,43-45,55-57H,31-36H2,1-6H3. The Hall–Kier alpha value is -6.00. The summed E-state index contributed by atoms with van der Waals surface area (Å²) < 4.78 is 35.5. The highest BCUT2D eigenvalue weighted by atomic mass is 16.5. The van der Waals surface area contributed by atoms with Gasteiger partial charge in [-0.2, -0.15) is 0 Å². The second-order valence-corrected chi connectivity index (χ2v) is 17.8. The van der Waals surface area contributed by atoms with Crippen molar-refractivity contribution in [3.8, 4) is 34.5 Å². The first-order chi connectivity index (χ1) is 30.2. The maximum absolute atomic E-state index is 10.7. The number of aliphatic hydroxyl groups excluding tert-OH is 3. The minimum absolute atomic E-state index is 0.0859. The van der Waals surface area contributed by atoms with Crippen molar-refractivity contribution in [1.29, 1.82) is 0 Å². The molecule has 6 aromatic carbocycles. The second kappa shape index (κ2) is 19.6. The Morgan fingerprint density at radius 3 is 0.524 bits per heavy atom. The van der Waals surface area contributed by atoms with Crippen LogP contribution in [0.4, 0.5) is 0 Å². The molecule has 10 aliphatic rings. The molecule has 0 saturated carbocycles. The van der Waals surface area contributed by atoms with Gasteiger partial charge in [-0.25, -0.2) is 0 Å². The lowest BCUT2D eigenvalue weighted by Gasteiger charge is -2.27. The van der Waals surface area contributed by atoms with Gasteiger partial charge in [0.25, 0.3) is 0 Å². The van der Waals surface area contributed by atoms with Crippen molar-refractivity contribution >= 4 is 0 Å². The molecule has 10 heterocycles. The van der Waals surface area contributed by atoms with Gasteiger partial charge in [-0.05, 0) is 106 Å². The predicted octanol–water partition coefficient (Wildman–Crippen LogP) is 9.43. The third-order valence-electron chi connectivity index (χ3n) is 12.1. The van der Waals surface area contributed by atoms with E-state index in [9.17, 15) is 15.3 Å². The van der Waals surface area contributed by atoms with Gasteiger partial charge >= 0.3 is 0 Å². The molecular weight excluding hydrogens is 793 g/mol. The first kappa shape index (κ1) is 45.0. The van der Waals surface area contributed by atoms with E-state index in [2.05, 4.69) is 41.5 Å². The number of rotatable bonds is 0. The molecule has 9 heteroatoms. The highest BCUT2D eigenvalue weighted by Gasteiger charge is 2.26. The average molecular weight is 853 g/mol. The molecule has 0 amide bonds. The fourth-order valence-corrected chi connectivity index (χ4v) is 7.61. The van der Waals surface area contributed by atoms with Gasteiger partial charge in [0.15, 0.2) is 0 Å². The molecule has 16 rings (SSSR count). The van der Waals surface area contributed by atoms with Crippen LogP contribution in [0.5, 0.6) is 34.5 Å². The molecule has 6 aromatic rings. The summed E-state index contributed by atoms with van der Waals surface area (Å²) in [4.78, 5) is 0. The third-order valence-corrected chi connectivity index (χ3v) is 12.1. The molecule has 0 spiro atoms. The van der Waals surface area contributed by atoms with Gasteiger partial charge in [-0.15, -0.1) is 0 Å². The Morgan fingerprint density at radius 2 is 0.397 bits per heavy atom. The summed E-state index contributed by atoms with van der Waals surface area (Å²) in [5.41, 5.74) is 5.73. The van der Waals surface area contributed by atoms with Crippen LogP contribution in [0.3, 0.4) is 0 Å². The number of aliphatic hydroxyl groups is 3. The lowest BCUT2D eigenvalue weighted by atomic mass is 9.78. The molecule has 12 bridgehead atoms. The van der Waals surface area contributed by atoms with Crippen LogP contribution < -0.4 is 28.4 Å². The second-order valence-electron chi connectivity index (χ2n) is 17.8. The Morgan fingerprint density at radius 1 is 0.270 bits per heavy atom. The van der Waals surface area contributed by atoms with Crippen LogP contribution in [0, 0.1) is 0 Å². The van der Waals surface area contributed by atoms with Gasteiger partial charge < -0.3 is 43.7 Å². The summed E-state index contributed by atoms with van der Waals surface area (Å²) in [5.74, 6) is 3.95. The van der Waals surface area contributed by atoms with Crippen LogP contribution in [-0.4, -0.2) is 73.3 Å². The molecule has 0 saturated heterocycles. The SMILES string of the molecule is CC1(C)c2ccc(cc2)OCC(O)COc2ccc(cc2)C(C)(C)c2ccc(cc2)OCC(O)COc2ccc(cc2)C(C)(C)c2ccc(cc2)OCC(O)COc2ccc1cc2. The Bertz CT molecular complexity index is 1910. The van der Waals surface area contributed by atoms with E-state index in [-0.39, 0.29) is 55.9 Å². The van der Waals surface area contributed by atoms with E-state index >= 15 is 0 Å². The van der Waals surface area contributed by atoms with Crippen LogP contribution >= 0.6 is 0 Å². The Kier molecular flexibility index (Phi) is 14.0. The molecule has 330 valence electrons. The zero-order valence-corrected chi connectivity index (χ0v) is 37.1. The molecule has 10 aliphatic heterocycles. The van der Waals surface area contributed by atoms with Crippen LogP contribution in [0.1, 0.15) is 74.9 Å². The van der Waals surface area contributed by atoms with E-state index in [0.29, 0.717) is 34.5 Å². The zero-order valence-electron chi connectivity index (χ0n) is 37.1. The Balaban J connectivity index is 1.03. The molecule has 63 heavy (non-hydrogen) atoms. The summed E-state index contributed by atoms with van der Waals surface area (Å²) in [5, 5.41) is 32.0. The summed E-state index contributed by atoms with van der Waals surface area (Å²) in [6, 6.07) is 47.5. The molecule has 3 N–H and O–H groups in total. The van der Waals surface area contributed by atoms with E-state index in [4.69, 9.17) is 28.4 Å². The van der Waals surface area contributed by atoms with E-state index in [1.807, 2.05) is 146 Å². The van der Waals surface area contributed by atoms with Crippen LogP contribution in [0.2, 0.25) is 0 Å². The van der Waals surface area contributed by atoms with Crippen molar-refractivity contribution in [3.63, 3.8) is 0 Å². The molecule has 0 fully saturated rings. The number of benzene rings is 6. The van der Waals surface area contributed by atoms with E-state index in [0.717, 1.165) is 33.4 Å². The van der Waals surface area contributed by atoms with Gasteiger partial charge in [0.2, 0.25) is 0 Å². The van der Waals surface area contributed by atoms with Crippen molar-refractivity contribution < 1.29 is 43.7 Å². The maximum atomic E-state index is 10.7. The molecule has 0 radical (unpaired) electrons. The summed E-state index contributed by atoms with van der Waals surface area (Å²) in [6.45, 7) is 13.5. The van der Waals surface area contributed by atoms with Crippen molar-refractivity contribution in [3.05, 3.63) is 179 Å². The van der Waals surface area contributed by atoms with E-state index in [1.54, 1.807) is 0 Å². The minimum Gasteiger partial charge on any atom is -0.491 e. The fraction of sp³-hybridized carbons (Fsp3) is 0.333. The summed E-state index contributed by atoms with van der Waals surface area (Å²) >= 11 is 0. The van der Waals surface area contributed by atoms with E-state index in [1.165, 1.54) is 0 Å². The lowest BCUT2D eigenvalue weighted by Crippen LogP contribution is -2.25. The normalized spacial score (nSPS) is 20.4. The average Bonchev–Trinajstić information content (AvgIpc) is 3.30. The third kappa shape index (κ3) is 11.3. The van der Waals surface area contributed by atoms with Gasteiger partial charge in [-0.1, -0.05) is 114 Å². The molecule has 0 unspecified atom stereocenters. The topological polar surface area (TPSA) is 116 Å². The first-order valence-corrected chi connectivity index (χ1v) is 21.6. The van der Waals surface area contributed by atoms with Crippen molar-refractivity contribution in [2.24, 2.45) is 0 Å². The molecule has 0 aromatic heterocycles. The maximum Gasteiger partial charge on any atom is 0.122 e. The summed E-state index contributed by atoms with van der Waals surface area (Å²) in [6.07, 6.45) is -2.48. The van der Waals surface area contributed by atoms with Crippen LogP contribution in [0.15, 0.2) is 146 Å². The predicted molar refractivity (Wildman–Crippen MR) is 246 cm³/mol. The van der Waals surface area contributed by atoms with E-state index < -0.39 is 18.3 Å². The Labute approximate surface area is 371 Å². The van der Waals surface area contributed by atoms with Crippen molar-refractivity contribution in [1.82, 2.24) is 0 Å². The molecule has 0 aliphatic carbocycles. The molecule has 9 nitrogen and oxygen atoms in total. The fourth-order valence-electron chi connectivity index (χ4n) is 7.61. The van der Waals surface area contributed by atoms with Gasteiger partial charge in [0.05, 0.1) is 0 Å². The van der Waals surface area contributed by atoms with Crippen molar-refractivity contribution in [2.75, 3.05) is 39.6 Å². The number of hydrogen-bond acceptors (Lipinski definition) is 9. The van der Waals surface area contributed by atoms with Gasteiger partial charge in [0.1, 0.15) is 92.5 Å². The van der Waals surface area contributed by atoms with Crippen LogP contribution in [-0.2, 0) is 16.2 Å².